The number of nitrogens with zero attached hydrogens (tertiary/aromatic N) is 3. The zero-order valence-corrected chi connectivity index (χ0v) is 12.1. The molecule has 5 heteroatoms. The highest BCUT2D eigenvalue weighted by Gasteiger charge is 2.13. The zero-order chi connectivity index (χ0) is 14.1. The molecule has 98 valence electrons. The fourth-order valence-corrected chi connectivity index (χ4v) is 2.64. The van der Waals surface area contributed by atoms with Gasteiger partial charge in [0.05, 0.1) is 34.9 Å². The van der Waals surface area contributed by atoms with Gasteiger partial charge in [-0.3, -0.25) is 4.57 Å². The van der Waals surface area contributed by atoms with E-state index < -0.39 is 0 Å². The first-order chi connectivity index (χ1) is 9.70. The Kier molecular flexibility index (Phi) is 3.17. The van der Waals surface area contributed by atoms with Gasteiger partial charge in [-0.15, -0.1) is 0 Å². The summed E-state index contributed by atoms with van der Waals surface area (Å²) in [5.41, 5.74) is 9.40. The average Bonchev–Trinajstić information content (AvgIpc) is 2.78. The quantitative estimate of drug-likeness (QED) is 0.733. The number of anilines is 1. The highest BCUT2D eigenvalue weighted by Crippen LogP contribution is 2.27. The number of imidazole rings is 1. The second-order valence-corrected chi connectivity index (χ2v) is 5.31. The van der Waals surface area contributed by atoms with Gasteiger partial charge in [0.1, 0.15) is 5.82 Å². The molecule has 3 aromatic rings. The van der Waals surface area contributed by atoms with Crippen molar-refractivity contribution in [2.24, 2.45) is 0 Å². The first-order valence-electron chi connectivity index (χ1n) is 6.09. The fourth-order valence-electron chi connectivity index (χ4n) is 2.26. The number of hydrogen-bond acceptors (Lipinski definition) is 3. The molecule has 2 aromatic carbocycles. The van der Waals surface area contributed by atoms with Gasteiger partial charge < -0.3 is 5.73 Å². The molecule has 0 atom stereocenters. The van der Waals surface area contributed by atoms with E-state index in [1.54, 1.807) is 0 Å². The summed E-state index contributed by atoms with van der Waals surface area (Å²) in [6.07, 6.45) is 0.240. The lowest BCUT2D eigenvalue weighted by Crippen LogP contribution is -2.04. The van der Waals surface area contributed by atoms with Crippen molar-refractivity contribution in [3.8, 4) is 11.8 Å². The Balaban J connectivity index is 2.33. The number of hydrogen-bond donors (Lipinski definition) is 1. The van der Waals surface area contributed by atoms with E-state index in [4.69, 9.17) is 11.0 Å². The van der Waals surface area contributed by atoms with Gasteiger partial charge in [-0.25, -0.2) is 4.98 Å². The van der Waals surface area contributed by atoms with E-state index in [0.717, 1.165) is 21.2 Å². The van der Waals surface area contributed by atoms with Crippen LogP contribution in [0.1, 0.15) is 5.82 Å². The topological polar surface area (TPSA) is 67.6 Å². The molecular formula is C15H11BrN4. The van der Waals surface area contributed by atoms with Gasteiger partial charge in [-0.2, -0.15) is 5.26 Å². The van der Waals surface area contributed by atoms with Crippen LogP contribution in [0.4, 0.5) is 5.69 Å². The summed E-state index contributed by atoms with van der Waals surface area (Å²) in [6.45, 7) is 0. The number of halogens is 1. The molecule has 0 fully saturated rings. The average molecular weight is 327 g/mol. The fraction of sp³-hybridized carbons (Fsp3) is 0.0667. The standard InChI is InChI=1S/C15H11BrN4/c16-10-5-6-13(11(18)9-10)20-14-4-2-1-3-12(14)19-15(20)7-8-17/h1-6,9H,7,18H2. The van der Waals surface area contributed by atoms with Crippen molar-refractivity contribution in [1.82, 2.24) is 9.55 Å². The Morgan fingerprint density at radius 3 is 2.80 bits per heavy atom. The van der Waals surface area contributed by atoms with E-state index >= 15 is 0 Å². The smallest absolute Gasteiger partial charge is 0.128 e. The van der Waals surface area contributed by atoms with Crippen molar-refractivity contribution in [2.75, 3.05) is 5.73 Å². The number of nitriles is 1. The predicted molar refractivity (Wildman–Crippen MR) is 82.5 cm³/mol. The van der Waals surface area contributed by atoms with E-state index in [0.29, 0.717) is 11.5 Å². The third kappa shape index (κ3) is 2.04. The molecule has 0 radical (unpaired) electrons. The Labute approximate surface area is 124 Å². The van der Waals surface area contributed by atoms with Crippen LogP contribution in [0.3, 0.4) is 0 Å². The molecule has 0 aliphatic rings. The lowest BCUT2D eigenvalue weighted by Gasteiger charge is -2.11. The Morgan fingerprint density at radius 2 is 2.05 bits per heavy atom. The minimum absolute atomic E-state index is 0.240. The summed E-state index contributed by atoms with van der Waals surface area (Å²) in [7, 11) is 0. The molecule has 0 saturated heterocycles. The van der Waals surface area contributed by atoms with Crippen LogP contribution >= 0.6 is 15.9 Å². The number of benzene rings is 2. The number of para-hydroxylation sites is 2. The Morgan fingerprint density at radius 1 is 1.25 bits per heavy atom. The normalized spacial score (nSPS) is 10.6. The SMILES string of the molecule is N#CCc1nc2ccccc2n1-c1ccc(Br)cc1N. The number of nitrogen functional groups attached to an aromatic ring is 1. The highest BCUT2D eigenvalue weighted by atomic mass is 79.9. The zero-order valence-electron chi connectivity index (χ0n) is 10.5. The summed E-state index contributed by atoms with van der Waals surface area (Å²) in [6, 6.07) is 15.6. The van der Waals surface area contributed by atoms with E-state index in [2.05, 4.69) is 27.0 Å². The number of rotatable bonds is 2. The van der Waals surface area contributed by atoms with Crippen molar-refractivity contribution in [3.63, 3.8) is 0 Å². The molecule has 4 nitrogen and oxygen atoms in total. The largest absolute Gasteiger partial charge is 0.397 e. The minimum Gasteiger partial charge on any atom is -0.397 e. The molecule has 1 aromatic heterocycles. The molecule has 0 amide bonds. The van der Waals surface area contributed by atoms with Gasteiger partial charge >= 0.3 is 0 Å². The molecule has 1 heterocycles. The molecule has 2 N–H and O–H groups in total. The Bertz CT molecular complexity index is 829. The van der Waals surface area contributed by atoms with Gasteiger partial charge in [0, 0.05) is 4.47 Å². The number of fused-ring (bicyclic) bond motifs is 1. The maximum atomic E-state index is 8.99. The van der Waals surface area contributed by atoms with Crippen LogP contribution < -0.4 is 5.73 Å². The van der Waals surface area contributed by atoms with Crippen molar-refractivity contribution in [1.29, 1.82) is 5.26 Å². The Hall–Kier alpha value is -2.32. The molecule has 0 aliphatic heterocycles. The third-order valence-corrected chi connectivity index (χ3v) is 3.59. The van der Waals surface area contributed by atoms with Gasteiger partial charge in [-0.1, -0.05) is 28.1 Å². The van der Waals surface area contributed by atoms with E-state index in [1.165, 1.54) is 0 Å². The van der Waals surface area contributed by atoms with Crippen LogP contribution in [0.15, 0.2) is 46.9 Å². The van der Waals surface area contributed by atoms with Crippen LogP contribution in [0.25, 0.3) is 16.7 Å². The molecule has 0 bridgehead atoms. The molecular weight excluding hydrogens is 316 g/mol. The summed E-state index contributed by atoms with van der Waals surface area (Å²) in [5, 5.41) is 8.99. The van der Waals surface area contributed by atoms with Gasteiger partial charge in [-0.05, 0) is 30.3 Å². The number of aromatic nitrogens is 2. The summed E-state index contributed by atoms with van der Waals surface area (Å²) in [4.78, 5) is 4.52. The molecule has 0 saturated carbocycles. The van der Waals surface area contributed by atoms with Crippen LogP contribution in [0, 0.1) is 11.3 Å². The lowest BCUT2D eigenvalue weighted by molar-refractivity contribution is 0.956. The first-order valence-corrected chi connectivity index (χ1v) is 6.88. The lowest BCUT2D eigenvalue weighted by atomic mass is 10.2. The maximum Gasteiger partial charge on any atom is 0.128 e. The van der Waals surface area contributed by atoms with E-state index in [9.17, 15) is 0 Å². The first kappa shape index (κ1) is 12.7. The second-order valence-electron chi connectivity index (χ2n) is 4.39. The number of nitrogens with two attached hydrogens (primary N) is 1. The molecule has 20 heavy (non-hydrogen) atoms. The summed E-state index contributed by atoms with van der Waals surface area (Å²) in [5.74, 6) is 0.697. The second kappa shape index (κ2) is 4.99. The van der Waals surface area contributed by atoms with Gasteiger partial charge in [0.25, 0.3) is 0 Å². The molecule has 3 rings (SSSR count). The molecule has 0 aliphatic carbocycles. The van der Waals surface area contributed by atoms with Crippen molar-refractivity contribution in [3.05, 3.63) is 52.8 Å². The predicted octanol–water partition coefficient (Wildman–Crippen LogP) is 3.44. The van der Waals surface area contributed by atoms with Crippen LogP contribution in [0.5, 0.6) is 0 Å². The van der Waals surface area contributed by atoms with Gasteiger partial charge in [0.15, 0.2) is 0 Å². The third-order valence-electron chi connectivity index (χ3n) is 3.10. The van der Waals surface area contributed by atoms with Gasteiger partial charge in [0.2, 0.25) is 0 Å². The minimum atomic E-state index is 0.240. The van der Waals surface area contributed by atoms with Crippen LogP contribution in [-0.4, -0.2) is 9.55 Å². The van der Waals surface area contributed by atoms with Crippen molar-refractivity contribution >= 4 is 32.7 Å². The monoisotopic (exact) mass is 326 g/mol. The summed E-state index contributed by atoms with van der Waals surface area (Å²) >= 11 is 3.40. The molecule has 0 spiro atoms. The van der Waals surface area contributed by atoms with Crippen molar-refractivity contribution in [2.45, 2.75) is 6.42 Å². The van der Waals surface area contributed by atoms with E-state index in [-0.39, 0.29) is 6.42 Å². The van der Waals surface area contributed by atoms with E-state index in [1.807, 2.05) is 47.0 Å². The van der Waals surface area contributed by atoms with Crippen molar-refractivity contribution < 1.29 is 0 Å². The molecule has 0 unspecified atom stereocenters. The van der Waals surface area contributed by atoms with Crippen LogP contribution in [-0.2, 0) is 6.42 Å². The van der Waals surface area contributed by atoms with Crippen LogP contribution in [0.2, 0.25) is 0 Å². The summed E-state index contributed by atoms with van der Waals surface area (Å²) < 4.78 is 2.87. The highest BCUT2D eigenvalue weighted by molar-refractivity contribution is 9.10. The maximum absolute atomic E-state index is 8.99.